The minimum absolute atomic E-state index is 0.0178. The van der Waals surface area contributed by atoms with Crippen LogP contribution in [0.3, 0.4) is 0 Å². The van der Waals surface area contributed by atoms with Crippen LogP contribution in [-0.4, -0.2) is 17.9 Å². The van der Waals surface area contributed by atoms with Crippen LogP contribution in [0.2, 0.25) is 0 Å². The lowest BCUT2D eigenvalue weighted by atomic mass is 10.1. The second-order valence-electron chi connectivity index (χ2n) is 6.73. The van der Waals surface area contributed by atoms with Gasteiger partial charge in [0.15, 0.2) is 0 Å². The molecule has 148 valence electrons. The SMILES string of the molecule is O=C(C[C@@H]1Nc2cccc3cccc(c23)NC1=O)Nc1cccc(C(F)(F)F)c1. The number of hydrogen-bond donors (Lipinski definition) is 3. The van der Waals surface area contributed by atoms with E-state index in [4.69, 9.17) is 0 Å². The third-order valence-electron chi connectivity index (χ3n) is 4.67. The van der Waals surface area contributed by atoms with Gasteiger partial charge in [-0.15, -0.1) is 0 Å². The smallest absolute Gasteiger partial charge is 0.373 e. The summed E-state index contributed by atoms with van der Waals surface area (Å²) in [4.78, 5) is 25.0. The first-order valence-electron chi connectivity index (χ1n) is 8.87. The van der Waals surface area contributed by atoms with Crippen molar-refractivity contribution in [3.63, 3.8) is 0 Å². The number of carbonyl (C=O) groups is 2. The van der Waals surface area contributed by atoms with Gasteiger partial charge < -0.3 is 16.0 Å². The fourth-order valence-corrected chi connectivity index (χ4v) is 3.35. The first kappa shape index (κ1) is 18.8. The maximum absolute atomic E-state index is 12.8. The van der Waals surface area contributed by atoms with E-state index in [9.17, 15) is 22.8 Å². The molecule has 2 amide bonds. The van der Waals surface area contributed by atoms with Crippen molar-refractivity contribution in [3.8, 4) is 0 Å². The minimum Gasteiger partial charge on any atom is -0.373 e. The van der Waals surface area contributed by atoms with E-state index in [1.807, 2.05) is 30.3 Å². The normalized spacial score (nSPS) is 16.0. The van der Waals surface area contributed by atoms with E-state index in [1.165, 1.54) is 12.1 Å². The molecule has 0 aromatic heterocycles. The van der Waals surface area contributed by atoms with Gasteiger partial charge in [-0.1, -0.05) is 30.3 Å². The molecule has 0 saturated carbocycles. The molecule has 29 heavy (non-hydrogen) atoms. The lowest BCUT2D eigenvalue weighted by Gasteiger charge is -2.16. The van der Waals surface area contributed by atoms with Crippen molar-refractivity contribution in [2.45, 2.75) is 18.6 Å². The fraction of sp³-hybridized carbons (Fsp3) is 0.143. The van der Waals surface area contributed by atoms with Crippen molar-refractivity contribution in [3.05, 3.63) is 66.2 Å². The predicted molar refractivity (Wildman–Crippen MR) is 105 cm³/mol. The summed E-state index contributed by atoms with van der Waals surface area (Å²) >= 11 is 0. The molecule has 0 aliphatic carbocycles. The van der Waals surface area contributed by atoms with Crippen molar-refractivity contribution < 1.29 is 22.8 Å². The zero-order valence-corrected chi connectivity index (χ0v) is 15.0. The molecule has 8 heteroatoms. The van der Waals surface area contributed by atoms with Crippen molar-refractivity contribution >= 4 is 39.6 Å². The molecule has 1 heterocycles. The third kappa shape index (κ3) is 3.87. The molecule has 0 unspecified atom stereocenters. The number of hydrogen-bond acceptors (Lipinski definition) is 3. The molecule has 1 aliphatic rings. The van der Waals surface area contributed by atoms with Crippen molar-refractivity contribution in [2.24, 2.45) is 0 Å². The molecule has 1 aliphatic heterocycles. The molecule has 3 N–H and O–H groups in total. The number of anilines is 3. The Kier molecular flexibility index (Phi) is 4.62. The summed E-state index contributed by atoms with van der Waals surface area (Å²) in [7, 11) is 0. The van der Waals surface area contributed by atoms with Crippen LogP contribution in [0.4, 0.5) is 30.2 Å². The molecule has 5 nitrogen and oxygen atoms in total. The van der Waals surface area contributed by atoms with E-state index >= 15 is 0 Å². The minimum atomic E-state index is -4.51. The Morgan fingerprint density at radius 2 is 1.69 bits per heavy atom. The summed E-state index contributed by atoms with van der Waals surface area (Å²) in [6, 6.07) is 14.6. The molecule has 3 aromatic rings. The van der Waals surface area contributed by atoms with Crippen LogP contribution in [0.15, 0.2) is 60.7 Å². The summed E-state index contributed by atoms with van der Waals surface area (Å²) < 4.78 is 38.5. The summed E-state index contributed by atoms with van der Waals surface area (Å²) in [5.74, 6) is -0.969. The third-order valence-corrected chi connectivity index (χ3v) is 4.67. The number of nitrogens with one attached hydrogen (secondary N) is 3. The van der Waals surface area contributed by atoms with Gasteiger partial charge in [-0.3, -0.25) is 9.59 Å². The van der Waals surface area contributed by atoms with Crippen molar-refractivity contribution in [1.82, 2.24) is 0 Å². The Bertz CT molecular complexity index is 1110. The number of benzene rings is 3. The summed E-state index contributed by atoms with van der Waals surface area (Å²) in [6.45, 7) is 0. The lowest BCUT2D eigenvalue weighted by molar-refractivity contribution is -0.137. The van der Waals surface area contributed by atoms with Crippen LogP contribution in [-0.2, 0) is 15.8 Å². The average molecular weight is 399 g/mol. The molecule has 0 radical (unpaired) electrons. The topological polar surface area (TPSA) is 70.2 Å². The molecular weight excluding hydrogens is 383 g/mol. The van der Waals surface area contributed by atoms with E-state index in [2.05, 4.69) is 16.0 Å². The van der Waals surface area contributed by atoms with Gasteiger partial charge in [-0.25, -0.2) is 0 Å². The standard InChI is InChI=1S/C21H16F3N3O2/c22-21(23,24)13-6-3-7-14(10-13)25-18(28)11-17-20(29)27-16-9-2-5-12-4-1-8-15(26-17)19(12)16/h1-10,17,26H,11H2,(H,25,28)(H,27,29)/t17-/m0/s1. The van der Waals surface area contributed by atoms with Gasteiger partial charge in [0.1, 0.15) is 6.04 Å². The number of amides is 2. The number of alkyl halides is 3. The Balaban J connectivity index is 1.53. The summed E-state index contributed by atoms with van der Waals surface area (Å²) in [6.07, 6.45) is -4.75. The van der Waals surface area contributed by atoms with Crippen LogP contribution in [0.5, 0.6) is 0 Å². The first-order chi connectivity index (χ1) is 13.8. The van der Waals surface area contributed by atoms with E-state index in [0.29, 0.717) is 11.4 Å². The quantitative estimate of drug-likeness (QED) is 0.602. The second kappa shape index (κ2) is 7.12. The lowest BCUT2D eigenvalue weighted by Crippen LogP contribution is -2.36. The molecule has 0 saturated heterocycles. The summed E-state index contributed by atoms with van der Waals surface area (Å²) in [5, 5.41) is 10.1. The fourth-order valence-electron chi connectivity index (χ4n) is 3.35. The largest absolute Gasteiger partial charge is 0.416 e. The number of rotatable bonds is 3. The monoisotopic (exact) mass is 399 g/mol. The van der Waals surface area contributed by atoms with Gasteiger partial charge in [0.25, 0.3) is 0 Å². The average Bonchev–Trinajstić information content (AvgIpc) is 2.79. The molecule has 3 aromatic carbocycles. The van der Waals surface area contributed by atoms with Gasteiger partial charge in [0, 0.05) is 16.8 Å². The number of halogens is 3. The second-order valence-corrected chi connectivity index (χ2v) is 6.73. The maximum atomic E-state index is 12.8. The summed E-state index contributed by atoms with van der Waals surface area (Å²) in [5.41, 5.74) is 0.497. The van der Waals surface area contributed by atoms with Gasteiger partial charge in [0.2, 0.25) is 11.8 Å². The molecule has 1 atom stereocenters. The predicted octanol–water partition coefficient (Wildman–Crippen LogP) is 4.62. The Labute approximate surface area is 163 Å². The van der Waals surface area contributed by atoms with Crippen LogP contribution < -0.4 is 16.0 Å². The van der Waals surface area contributed by atoms with E-state index in [1.54, 1.807) is 6.07 Å². The highest BCUT2D eigenvalue weighted by Crippen LogP contribution is 2.34. The molecule has 0 bridgehead atoms. The molecular formula is C21H16F3N3O2. The molecule has 0 fully saturated rings. The van der Waals surface area contributed by atoms with Crippen LogP contribution in [0, 0.1) is 0 Å². The number of carbonyl (C=O) groups excluding carboxylic acids is 2. The van der Waals surface area contributed by atoms with E-state index in [-0.39, 0.29) is 12.1 Å². The Morgan fingerprint density at radius 1 is 1.00 bits per heavy atom. The van der Waals surface area contributed by atoms with E-state index in [0.717, 1.165) is 22.9 Å². The Hall–Kier alpha value is -3.55. The van der Waals surface area contributed by atoms with Crippen LogP contribution in [0.1, 0.15) is 12.0 Å². The van der Waals surface area contributed by atoms with E-state index < -0.39 is 29.6 Å². The van der Waals surface area contributed by atoms with Crippen molar-refractivity contribution in [2.75, 3.05) is 16.0 Å². The van der Waals surface area contributed by atoms with Crippen LogP contribution in [0.25, 0.3) is 10.8 Å². The van der Waals surface area contributed by atoms with Gasteiger partial charge in [-0.2, -0.15) is 13.2 Å². The zero-order chi connectivity index (χ0) is 20.6. The van der Waals surface area contributed by atoms with Gasteiger partial charge in [0.05, 0.1) is 17.7 Å². The van der Waals surface area contributed by atoms with Gasteiger partial charge in [-0.05, 0) is 35.7 Å². The van der Waals surface area contributed by atoms with Crippen molar-refractivity contribution in [1.29, 1.82) is 0 Å². The highest BCUT2D eigenvalue weighted by molar-refractivity contribution is 6.13. The van der Waals surface area contributed by atoms with Crippen LogP contribution >= 0.6 is 0 Å². The van der Waals surface area contributed by atoms with Gasteiger partial charge >= 0.3 is 6.18 Å². The maximum Gasteiger partial charge on any atom is 0.416 e. The first-order valence-corrected chi connectivity index (χ1v) is 8.87. The highest BCUT2D eigenvalue weighted by Gasteiger charge is 2.31. The molecule has 0 spiro atoms. The Morgan fingerprint density at radius 3 is 2.41 bits per heavy atom. The zero-order valence-electron chi connectivity index (χ0n) is 15.0. The highest BCUT2D eigenvalue weighted by atomic mass is 19.4. The molecule has 4 rings (SSSR count).